The first-order valence-corrected chi connectivity index (χ1v) is 13.8. The number of ether oxygens (including phenoxy) is 1. The van der Waals surface area contributed by atoms with Crippen molar-refractivity contribution in [3.63, 3.8) is 0 Å². The zero-order valence-corrected chi connectivity index (χ0v) is 24.7. The number of carboxylic acid groups (broad SMARTS) is 1. The number of anilines is 2. The van der Waals surface area contributed by atoms with Crippen LogP contribution >= 0.6 is 0 Å². The molecule has 4 rings (SSSR count). The summed E-state index contributed by atoms with van der Waals surface area (Å²) in [6.07, 6.45) is 5.55. The van der Waals surface area contributed by atoms with Crippen molar-refractivity contribution in [3.05, 3.63) is 143 Å². The molecule has 0 radical (unpaired) electrons. The predicted octanol–water partition coefficient (Wildman–Crippen LogP) is 7.17. The first-order chi connectivity index (χ1) is 21.1. The fraction of sp³-hybridized carbons (Fsp3) is 0.111. The molecule has 8 heteroatoms. The molecule has 0 atom stereocenters. The number of aryl methyl sites for hydroxylation is 2. The van der Waals surface area contributed by atoms with Gasteiger partial charge in [0.25, 0.3) is 11.8 Å². The van der Waals surface area contributed by atoms with E-state index in [1.165, 1.54) is 12.2 Å². The standard InChI is InChI=1S/C19H19NO3.C17H15NO3/c1-3-23-18(21)11-10-15-7-5-9-17(13-15)20-19(22)16-8-4-6-14(2)12-16;1-12-4-2-6-14(10-12)17(21)18-15-7-3-5-13(11-15)8-9-16(19)20/h4-13H,3H2,1-2H3,(H,20,22);2-11H,1H3,(H,18,21)(H,19,20)/b11-10+;9-8+. The van der Waals surface area contributed by atoms with Crippen LogP contribution in [0.25, 0.3) is 12.2 Å². The second kappa shape index (κ2) is 16.6. The quantitative estimate of drug-likeness (QED) is 0.140. The summed E-state index contributed by atoms with van der Waals surface area (Å²) in [5.74, 6) is -1.76. The number of carbonyl (C=O) groups is 4. The van der Waals surface area contributed by atoms with E-state index in [0.717, 1.165) is 22.8 Å². The third kappa shape index (κ3) is 11.3. The first-order valence-electron chi connectivity index (χ1n) is 13.8. The van der Waals surface area contributed by atoms with Crippen LogP contribution in [0.1, 0.15) is 49.9 Å². The van der Waals surface area contributed by atoms with Gasteiger partial charge in [0.05, 0.1) is 6.61 Å². The van der Waals surface area contributed by atoms with Crippen LogP contribution in [0.3, 0.4) is 0 Å². The van der Waals surface area contributed by atoms with Gasteiger partial charge in [0.15, 0.2) is 0 Å². The average Bonchev–Trinajstić information content (AvgIpc) is 3.00. The van der Waals surface area contributed by atoms with Gasteiger partial charge in [-0.05, 0) is 92.6 Å². The Kier molecular flexibility index (Phi) is 12.4. The summed E-state index contributed by atoms with van der Waals surface area (Å²) in [7, 11) is 0. The normalized spacial score (nSPS) is 10.5. The van der Waals surface area contributed by atoms with Crippen LogP contribution in [0.5, 0.6) is 0 Å². The molecule has 0 bridgehead atoms. The summed E-state index contributed by atoms with van der Waals surface area (Å²) in [6.45, 7) is 5.97. The predicted molar refractivity (Wildman–Crippen MR) is 173 cm³/mol. The van der Waals surface area contributed by atoms with Crippen molar-refractivity contribution in [1.82, 2.24) is 0 Å². The minimum Gasteiger partial charge on any atom is -0.478 e. The number of amides is 2. The van der Waals surface area contributed by atoms with Gasteiger partial charge in [-0.2, -0.15) is 0 Å². The fourth-order valence-corrected chi connectivity index (χ4v) is 3.94. The number of carboxylic acids is 1. The van der Waals surface area contributed by atoms with Crippen LogP contribution in [-0.2, 0) is 14.3 Å². The summed E-state index contributed by atoms with van der Waals surface area (Å²) >= 11 is 0. The Morgan fingerprint density at radius 1 is 0.659 bits per heavy atom. The maximum absolute atomic E-state index is 12.2. The van der Waals surface area contributed by atoms with E-state index < -0.39 is 5.97 Å². The summed E-state index contributed by atoms with van der Waals surface area (Å²) in [4.78, 5) is 46.2. The fourth-order valence-electron chi connectivity index (χ4n) is 3.94. The number of carbonyl (C=O) groups excluding carboxylic acids is 3. The molecule has 0 aliphatic rings. The van der Waals surface area contributed by atoms with E-state index in [2.05, 4.69) is 10.6 Å². The van der Waals surface area contributed by atoms with Gasteiger partial charge in [0, 0.05) is 34.7 Å². The van der Waals surface area contributed by atoms with Crippen molar-refractivity contribution in [1.29, 1.82) is 0 Å². The highest BCUT2D eigenvalue weighted by molar-refractivity contribution is 6.05. The highest BCUT2D eigenvalue weighted by Gasteiger charge is 2.07. The molecular weight excluding hydrogens is 556 g/mol. The lowest BCUT2D eigenvalue weighted by atomic mass is 10.1. The molecule has 3 N–H and O–H groups in total. The largest absolute Gasteiger partial charge is 0.478 e. The van der Waals surface area contributed by atoms with Gasteiger partial charge >= 0.3 is 11.9 Å². The number of rotatable bonds is 9. The van der Waals surface area contributed by atoms with Crippen LogP contribution in [0, 0.1) is 13.8 Å². The van der Waals surface area contributed by atoms with Gasteiger partial charge in [-0.3, -0.25) is 9.59 Å². The number of hydrogen-bond acceptors (Lipinski definition) is 5. The highest BCUT2D eigenvalue weighted by atomic mass is 16.5. The molecule has 0 heterocycles. The van der Waals surface area contributed by atoms with Crippen molar-refractivity contribution >= 4 is 47.3 Å². The molecule has 0 aliphatic carbocycles. The summed E-state index contributed by atoms with van der Waals surface area (Å²) < 4.78 is 4.83. The van der Waals surface area contributed by atoms with Gasteiger partial charge in [-0.25, -0.2) is 9.59 Å². The Labute approximate surface area is 256 Å². The highest BCUT2D eigenvalue weighted by Crippen LogP contribution is 2.15. The van der Waals surface area contributed by atoms with Crippen molar-refractivity contribution < 1.29 is 29.0 Å². The lowest BCUT2D eigenvalue weighted by Crippen LogP contribution is -2.11. The van der Waals surface area contributed by atoms with Gasteiger partial charge in [0.1, 0.15) is 0 Å². The molecule has 44 heavy (non-hydrogen) atoms. The van der Waals surface area contributed by atoms with Crippen LogP contribution in [-0.4, -0.2) is 35.5 Å². The number of hydrogen-bond donors (Lipinski definition) is 3. The zero-order valence-electron chi connectivity index (χ0n) is 24.7. The minimum atomic E-state index is -1.01. The maximum atomic E-state index is 12.2. The van der Waals surface area contributed by atoms with Gasteiger partial charge in [-0.15, -0.1) is 0 Å². The Balaban J connectivity index is 0.000000241. The number of nitrogens with one attached hydrogen (secondary N) is 2. The van der Waals surface area contributed by atoms with E-state index in [1.807, 2.05) is 62.4 Å². The topological polar surface area (TPSA) is 122 Å². The monoisotopic (exact) mass is 590 g/mol. The van der Waals surface area contributed by atoms with Crippen LogP contribution in [0.4, 0.5) is 11.4 Å². The molecule has 0 aliphatic heterocycles. The maximum Gasteiger partial charge on any atom is 0.330 e. The molecule has 0 saturated carbocycles. The molecule has 0 unspecified atom stereocenters. The number of benzene rings is 4. The van der Waals surface area contributed by atoms with Crippen LogP contribution in [0.2, 0.25) is 0 Å². The Bertz CT molecular complexity index is 1690. The average molecular weight is 591 g/mol. The van der Waals surface area contributed by atoms with Gasteiger partial charge < -0.3 is 20.5 Å². The second-order valence-electron chi connectivity index (χ2n) is 9.66. The molecule has 4 aromatic rings. The van der Waals surface area contributed by atoms with Crippen molar-refractivity contribution in [2.24, 2.45) is 0 Å². The smallest absolute Gasteiger partial charge is 0.330 e. The van der Waals surface area contributed by atoms with Crippen LogP contribution < -0.4 is 10.6 Å². The van der Waals surface area contributed by atoms with E-state index in [1.54, 1.807) is 61.5 Å². The lowest BCUT2D eigenvalue weighted by Gasteiger charge is -2.06. The summed E-state index contributed by atoms with van der Waals surface area (Å²) in [5, 5.41) is 14.3. The van der Waals surface area contributed by atoms with Crippen molar-refractivity contribution in [3.8, 4) is 0 Å². The third-order valence-electron chi connectivity index (χ3n) is 5.97. The second-order valence-corrected chi connectivity index (χ2v) is 9.66. The van der Waals surface area contributed by atoms with E-state index in [0.29, 0.717) is 34.7 Å². The Hall–Kier alpha value is -5.76. The van der Waals surface area contributed by atoms with Gasteiger partial charge in [0.2, 0.25) is 0 Å². The molecule has 4 aromatic carbocycles. The Morgan fingerprint density at radius 2 is 1.11 bits per heavy atom. The SMILES string of the molecule is CCOC(=O)/C=C/c1cccc(NC(=O)c2cccc(C)c2)c1.Cc1cccc(C(=O)Nc2cccc(/C=C/C(=O)O)c2)c1. The van der Waals surface area contributed by atoms with Crippen LogP contribution in [0.15, 0.2) is 109 Å². The van der Waals surface area contributed by atoms with E-state index >= 15 is 0 Å². The van der Waals surface area contributed by atoms with Gasteiger partial charge in [-0.1, -0.05) is 59.7 Å². The Morgan fingerprint density at radius 3 is 1.55 bits per heavy atom. The lowest BCUT2D eigenvalue weighted by molar-refractivity contribution is -0.137. The van der Waals surface area contributed by atoms with E-state index in [-0.39, 0.29) is 17.8 Å². The molecule has 0 spiro atoms. The third-order valence-corrected chi connectivity index (χ3v) is 5.97. The molecule has 2 amide bonds. The molecular formula is C36H34N2O6. The van der Waals surface area contributed by atoms with E-state index in [4.69, 9.17) is 9.84 Å². The molecule has 0 aromatic heterocycles. The first kappa shape index (κ1) is 32.8. The van der Waals surface area contributed by atoms with Crippen molar-refractivity contribution in [2.75, 3.05) is 17.2 Å². The minimum absolute atomic E-state index is 0.166. The molecule has 0 saturated heterocycles. The number of esters is 1. The molecule has 0 fully saturated rings. The summed E-state index contributed by atoms with van der Waals surface area (Å²) in [5.41, 5.74) is 6.04. The van der Waals surface area contributed by atoms with E-state index in [9.17, 15) is 19.2 Å². The molecule has 8 nitrogen and oxygen atoms in total. The number of aliphatic carboxylic acids is 1. The molecule has 224 valence electrons. The van der Waals surface area contributed by atoms with Crippen molar-refractivity contribution in [2.45, 2.75) is 20.8 Å². The zero-order chi connectivity index (χ0) is 31.9. The summed E-state index contributed by atoms with van der Waals surface area (Å²) in [6, 6.07) is 29.0.